The van der Waals surface area contributed by atoms with Crippen LogP contribution >= 0.6 is 11.6 Å². The second kappa shape index (κ2) is 9.17. The van der Waals surface area contributed by atoms with E-state index in [1.165, 1.54) is 5.56 Å². The minimum absolute atomic E-state index is 0.0658. The highest BCUT2D eigenvalue weighted by molar-refractivity contribution is 6.30. The second-order valence-corrected chi connectivity index (χ2v) is 7.04. The molecule has 28 heavy (non-hydrogen) atoms. The monoisotopic (exact) mass is 404 g/mol. The fourth-order valence-electron chi connectivity index (χ4n) is 3.32. The van der Waals surface area contributed by atoms with Crippen molar-refractivity contribution in [3.05, 3.63) is 52.5 Å². The summed E-state index contributed by atoms with van der Waals surface area (Å²) >= 11 is 5.95. The number of hydrogen-bond acceptors (Lipinski definition) is 5. The first-order chi connectivity index (χ1) is 13.5. The van der Waals surface area contributed by atoms with E-state index in [2.05, 4.69) is 4.90 Å². The summed E-state index contributed by atoms with van der Waals surface area (Å²) in [7, 11) is 4.65. The molecule has 2 aromatic rings. The van der Waals surface area contributed by atoms with Gasteiger partial charge in [0, 0.05) is 49.9 Å². The molecule has 1 aliphatic heterocycles. The predicted molar refractivity (Wildman–Crippen MR) is 109 cm³/mol. The van der Waals surface area contributed by atoms with Crippen molar-refractivity contribution in [1.82, 2.24) is 9.80 Å². The third-order valence-corrected chi connectivity index (χ3v) is 5.17. The number of methoxy groups -OCH3 is 3. The van der Waals surface area contributed by atoms with Crippen LogP contribution in [0.1, 0.15) is 15.9 Å². The van der Waals surface area contributed by atoms with Crippen molar-refractivity contribution in [3.63, 3.8) is 0 Å². The Hall–Kier alpha value is -2.44. The van der Waals surface area contributed by atoms with Gasteiger partial charge >= 0.3 is 0 Å². The van der Waals surface area contributed by atoms with E-state index in [0.717, 1.165) is 24.7 Å². The third kappa shape index (κ3) is 4.51. The third-order valence-electron chi connectivity index (χ3n) is 4.92. The molecular weight excluding hydrogens is 380 g/mol. The van der Waals surface area contributed by atoms with E-state index in [-0.39, 0.29) is 5.91 Å². The summed E-state index contributed by atoms with van der Waals surface area (Å²) in [6.07, 6.45) is 0. The van der Waals surface area contributed by atoms with Gasteiger partial charge in [-0.15, -0.1) is 0 Å². The predicted octanol–water partition coefficient (Wildman–Crippen LogP) is 3.32. The minimum atomic E-state index is -0.0658. The summed E-state index contributed by atoms with van der Waals surface area (Å²) in [5.74, 6) is 1.45. The van der Waals surface area contributed by atoms with Crippen LogP contribution in [0.5, 0.6) is 17.2 Å². The van der Waals surface area contributed by atoms with Crippen molar-refractivity contribution in [2.45, 2.75) is 6.54 Å². The fraction of sp³-hybridized carbons (Fsp3) is 0.381. The van der Waals surface area contributed by atoms with E-state index in [1.54, 1.807) is 33.5 Å². The maximum absolute atomic E-state index is 13.1. The average molecular weight is 405 g/mol. The van der Waals surface area contributed by atoms with Gasteiger partial charge in [-0.3, -0.25) is 9.69 Å². The zero-order chi connectivity index (χ0) is 20.1. The second-order valence-electron chi connectivity index (χ2n) is 6.60. The first kappa shape index (κ1) is 20.3. The van der Waals surface area contributed by atoms with Gasteiger partial charge < -0.3 is 19.1 Å². The highest BCUT2D eigenvalue weighted by atomic mass is 35.5. The Labute approximate surface area is 170 Å². The summed E-state index contributed by atoms with van der Waals surface area (Å²) in [5.41, 5.74) is 1.69. The molecule has 0 aromatic heterocycles. The maximum Gasteiger partial charge on any atom is 0.257 e. The van der Waals surface area contributed by atoms with E-state index in [9.17, 15) is 4.79 Å². The number of nitrogens with zero attached hydrogens (tertiary/aromatic N) is 2. The topological polar surface area (TPSA) is 51.2 Å². The Bertz CT molecular complexity index is 818. The van der Waals surface area contributed by atoms with E-state index >= 15 is 0 Å². The summed E-state index contributed by atoms with van der Waals surface area (Å²) in [5, 5.41) is 0.739. The molecule has 0 saturated carbocycles. The normalized spacial score (nSPS) is 14.6. The molecule has 1 heterocycles. The van der Waals surface area contributed by atoms with Crippen molar-refractivity contribution < 1.29 is 19.0 Å². The molecule has 1 aliphatic rings. The molecule has 3 rings (SSSR count). The van der Waals surface area contributed by atoms with Crippen LogP contribution < -0.4 is 14.2 Å². The molecule has 0 radical (unpaired) electrons. The first-order valence-corrected chi connectivity index (χ1v) is 9.49. The molecule has 2 aromatic carbocycles. The van der Waals surface area contributed by atoms with Crippen molar-refractivity contribution >= 4 is 17.5 Å². The van der Waals surface area contributed by atoms with E-state index in [4.69, 9.17) is 25.8 Å². The van der Waals surface area contributed by atoms with Gasteiger partial charge in [0.2, 0.25) is 0 Å². The lowest BCUT2D eigenvalue weighted by atomic mass is 10.1. The van der Waals surface area contributed by atoms with E-state index < -0.39 is 0 Å². The lowest BCUT2D eigenvalue weighted by molar-refractivity contribution is 0.0625. The number of carbonyl (C=O) groups is 1. The molecule has 1 saturated heterocycles. The SMILES string of the molecule is COc1cc(OC)c(C(=O)N2CCN(Cc3ccc(Cl)cc3)CC2)cc1OC. The lowest BCUT2D eigenvalue weighted by Gasteiger charge is -2.35. The quantitative estimate of drug-likeness (QED) is 0.739. The summed E-state index contributed by atoms with van der Waals surface area (Å²) in [6.45, 7) is 3.78. The maximum atomic E-state index is 13.1. The molecule has 0 N–H and O–H groups in total. The standard InChI is InChI=1S/C21H25ClN2O4/c1-26-18-13-20(28-3)19(27-2)12-17(18)21(25)24-10-8-23(9-11-24)14-15-4-6-16(22)7-5-15/h4-7,12-13H,8-11,14H2,1-3H3. The fourth-order valence-corrected chi connectivity index (χ4v) is 3.45. The van der Waals surface area contributed by atoms with Crippen LogP contribution in [0.2, 0.25) is 5.02 Å². The Morgan fingerprint density at radius 3 is 2.04 bits per heavy atom. The smallest absolute Gasteiger partial charge is 0.257 e. The number of piperazine rings is 1. The van der Waals surface area contributed by atoms with Gasteiger partial charge in [0.1, 0.15) is 5.75 Å². The number of hydrogen-bond donors (Lipinski definition) is 0. The highest BCUT2D eigenvalue weighted by Gasteiger charge is 2.26. The van der Waals surface area contributed by atoms with Crippen molar-refractivity contribution in [1.29, 1.82) is 0 Å². The molecule has 1 fully saturated rings. The summed E-state index contributed by atoms with van der Waals surface area (Å²) in [6, 6.07) is 11.2. The van der Waals surface area contributed by atoms with Crippen LogP contribution in [0, 0.1) is 0 Å². The van der Waals surface area contributed by atoms with Gasteiger partial charge in [0.25, 0.3) is 5.91 Å². The minimum Gasteiger partial charge on any atom is -0.496 e. The van der Waals surface area contributed by atoms with Crippen LogP contribution in [0.3, 0.4) is 0 Å². The van der Waals surface area contributed by atoms with Crippen LogP contribution in [-0.4, -0.2) is 63.2 Å². The molecule has 1 amide bonds. The van der Waals surface area contributed by atoms with E-state index in [1.807, 2.05) is 29.2 Å². The molecule has 0 bridgehead atoms. The van der Waals surface area contributed by atoms with Gasteiger partial charge in [-0.25, -0.2) is 0 Å². The zero-order valence-electron chi connectivity index (χ0n) is 16.4. The number of carbonyl (C=O) groups excluding carboxylic acids is 1. The molecule has 7 heteroatoms. The van der Waals surface area contributed by atoms with Gasteiger partial charge in [0.15, 0.2) is 11.5 Å². The largest absolute Gasteiger partial charge is 0.496 e. The molecule has 150 valence electrons. The number of benzene rings is 2. The van der Waals surface area contributed by atoms with Crippen molar-refractivity contribution in [2.24, 2.45) is 0 Å². The number of ether oxygens (including phenoxy) is 3. The first-order valence-electron chi connectivity index (χ1n) is 9.11. The average Bonchev–Trinajstić information content (AvgIpc) is 2.74. The molecular formula is C21H25ClN2O4. The summed E-state index contributed by atoms with van der Waals surface area (Å²) in [4.78, 5) is 17.2. The molecule has 6 nitrogen and oxygen atoms in total. The Balaban J connectivity index is 1.67. The van der Waals surface area contributed by atoms with Gasteiger partial charge in [-0.05, 0) is 17.7 Å². The molecule has 0 atom stereocenters. The Kier molecular flexibility index (Phi) is 6.65. The van der Waals surface area contributed by atoms with Crippen molar-refractivity contribution in [3.8, 4) is 17.2 Å². The molecule has 0 unspecified atom stereocenters. The molecule has 0 aliphatic carbocycles. The van der Waals surface area contributed by atoms with Crippen LogP contribution in [0.25, 0.3) is 0 Å². The Morgan fingerprint density at radius 1 is 0.893 bits per heavy atom. The Morgan fingerprint density at radius 2 is 1.46 bits per heavy atom. The number of amides is 1. The number of halogens is 1. The van der Waals surface area contributed by atoms with Gasteiger partial charge in [0.05, 0.1) is 26.9 Å². The lowest BCUT2D eigenvalue weighted by Crippen LogP contribution is -2.48. The van der Waals surface area contributed by atoms with Crippen LogP contribution in [0.15, 0.2) is 36.4 Å². The van der Waals surface area contributed by atoms with Crippen molar-refractivity contribution in [2.75, 3.05) is 47.5 Å². The van der Waals surface area contributed by atoms with Gasteiger partial charge in [-0.2, -0.15) is 0 Å². The van der Waals surface area contributed by atoms with Crippen LogP contribution in [-0.2, 0) is 6.54 Å². The summed E-state index contributed by atoms with van der Waals surface area (Å²) < 4.78 is 16.0. The van der Waals surface area contributed by atoms with E-state index in [0.29, 0.717) is 35.9 Å². The van der Waals surface area contributed by atoms with Crippen LogP contribution in [0.4, 0.5) is 0 Å². The van der Waals surface area contributed by atoms with Gasteiger partial charge in [-0.1, -0.05) is 23.7 Å². The molecule has 0 spiro atoms. The number of rotatable bonds is 6. The highest BCUT2D eigenvalue weighted by Crippen LogP contribution is 2.35. The zero-order valence-corrected chi connectivity index (χ0v) is 17.2.